The maximum Gasteiger partial charge on any atom is 0.320 e. The van der Waals surface area contributed by atoms with Crippen LogP contribution < -0.4 is 21.7 Å². The summed E-state index contributed by atoms with van der Waals surface area (Å²) in [6.45, 7) is 5.83. The van der Waals surface area contributed by atoms with Gasteiger partial charge in [0.05, 0.1) is 6.04 Å². The number of carbonyl (C=O) groups is 3. The number of hydrogen-bond acceptors (Lipinski definition) is 4. The number of aromatic nitrogens is 1. The largest absolute Gasteiger partial charge is 0.361 e. The van der Waals surface area contributed by atoms with Gasteiger partial charge in [0.15, 0.2) is 0 Å². The number of likely N-dealkylation sites (N-methyl/N-ethyl adjacent to an activating group) is 1. The molecule has 1 unspecified atom stereocenters. The number of urea groups is 1. The van der Waals surface area contributed by atoms with Gasteiger partial charge < -0.3 is 26.7 Å². The highest BCUT2D eigenvalue weighted by Crippen LogP contribution is 2.15. The van der Waals surface area contributed by atoms with E-state index in [2.05, 4.69) is 46.1 Å². The number of hydrogen-bond donors (Lipinski definition) is 5. The van der Waals surface area contributed by atoms with E-state index in [-0.39, 0.29) is 0 Å². The van der Waals surface area contributed by atoms with Gasteiger partial charge in [0.2, 0.25) is 5.91 Å². The summed E-state index contributed by atoms with van der Waals surface area (Å²) in [6.07, 6.45) is 3.00. The van der Waals surface area contributed by atoms with Crippen molar-refractivity contribution in [3.8, 4) is 0 Å². The third-order valence-electron chi connectivity index (χ3n) is 3.83. The Bertz CT molecular complexity index is 763. The van der Waals surface area contributed by atoms with Gasteiger partial charge in [-0.1, -0.05) is 32.0 Å². The van der Waals surface area contributed by atoms with Gasteiger partial charge in [-0.15, -0.1) is 0 Å². The van der Waals surface area contributed by atoms with Crippen LogP contribution in [0.25, 0.3) is 10.9 Å². The molecular weight excluding hydrogens is 377 g/mol. The molecule has 1 atom stereocenters. The lowest BCUT2D eigenvalue weighted by Gasteiger charge is -2.14. The van der Waals surface area contributed by atoms with E-state index < -0.39 is 30.6 Å². The van der Waals surface area contributed by atoms with Crippen molar-refractivity contribution in [3.63, 3.8) is 0 Å². The molecule has 0 fully saturated rings. The monoisotopic (exact) mass is 409 g/mol. The number of primary amides is 1. The predicted molar refractivity (Wildman–Crippen MR) is 113 cm³/mol. The first-order valence-electron chi connectivity index (χ1n) is 9.54. The standard InChI is InChI=1S/C9H17FN4O3.C9H9N.C2H6/c1-12-6(3-2-4-13-9(11)17)8(16)14-5-7(10)15;1-7-6-10-9-5-3-2-4-8(7)9;1-2/h6,12H,2-5H2,1H3,(H,14,16)(H3,11,13,17);2-6,10H,1H3;1-2H3. The van der Waals surface area contributed by atoms with Crippen LogP contribution >= 0.6 is 0 Å². The molecule has 0 aliphatic rings. The number of benzene rings is 1. The average molecular weight is 410 g/mol. The summed E-state index contributed by atoms with van der Waals surface area (Å²) in [5.74, 6) is -0.461. The second kappa shape index (κ2) is 15.0. The van der Waals surface area contributed by atoms with Gasteiger partial charge in [0.25, 0.3) is 0 Å². The quantitative estimate of drug-likeness (QED) is 0.338. The van der Waals surface area contributed by atoms with E-state index in [0.29, 0.717) is 19.4 Å². The van der Waals surface area contributed by atoms with Crippen LogP contribution in [0.5, 0.6) is 0 Å². The van der Waals surface area contributed by atoms with E-state index >= 15 is 0 Å². The van der Waals surface area contributed by atoms with E-state index in [1.54, 1.807) is 7.05 Å². The molecule has 6 N–H and O–H groups in total. The summed E-state index contributed by atoms with van der Waals surface area (Å²) in [5, 5.41) is 8.57. The zero-order chi connectivity index (χ0) is 22.2. The van der Waals surface area contributed by atoms with Crippen LogP contribution in [0.1, 0.15) is 32.3 Å². The molecule has 29 heavy (non-hydrogen) atoms. The topological polar surface area (TPSA) is 129 Å². The molecule has 0 saturated carbocycles. The number of nitrogens with two attached hydrogens (primary N) is 1. The Morgan fingerprint density at radius 1 is 1.17 bits per heavy atom. The molecule has 1 aromatic heterocycles. The van der Waals surface area contributed by atoms with Crippen LogP contribution in [0.2, 0.25) is 0 Å². The van der Waals surface area contributed by atoms with Crippen molar-refractivity contribution in [2.24, 2.45) is 5.73 Å². The summed E-state index contributed by atoms with van der Waals surface area (Å²) < 4.78 is 11.9. The molecule has 162 valence electrons. The Kier molecular flexibility index (Phi) is 13.5. The van der Waals surface area contributed by atoms with Gasteiger partial charge in [-0.3, -0.25) is 9.59 Å². The number of carbonyl (C=O) groups excluding carboxylic acids is 3. The number of fused-ring (bicyclic) bond motifs is 1. The number of nitrogens with one attached hydrogen (secondary N) is 4. The molecule has 2 aromatic rings. The minimum absolute atomic E-state index is 0.350. The second-order valence-corrected chi connectivity index (χ2v) is 5.86. The van der Waals surface area contributed by atoms with Crippen molar-refractivity contribution >= 4 is 28.9 Å². The summed E-state index contributed by atoms with van der Waals surface area (Å²) >= 11 is 0. The summed E-state index contributed by atoms with van der Waals surface area (Å²) in [4.78, 5) is 35.0. The van der Waals surface area contributed by atoms with E-state index in [1.165, 1.54) is 16.5 Å². The Hall–Kier alpha value is -2.94. The fourth-order valence-electron chi connectivity index (χ4n) is 2.42. The molecule has 1 heterocycles. The maximum atomic E-state index is 11.9. The van der Waals surface area contributed by atoms with E-state index in [9.17, 15) is 18.8 Å². The fraction of sp³-hybridized carbons (Fsp3) is 0.450. The zero-order valence-corrected chi connectivity index (χ0v) is 17.5. The van der Waals surface area contributed by atoms with Crippen LogP contribution in [0.4, 0.5) is 9.18 Å². The van der Waals surface area contributed by atoms with Gasteiger partial charge in [-0.25, -0.2) is 4.79 Å². The van der Waals surface area contributed by atoms with Crippen LogP contribution in [0.15, 0.2) is 30.5 Å². The normalized spacial score (nSPS) is 10.7. The lowest BCUT2D eigenvalue weighted by atomic mass is 10.1. The first-order valence-corrected chi connectivity index (χ1v) is 9.54. The van der Waals surface area contributed by atoms with E-state index in [1.807, 2.05) is 26.1 Å². The molecule has 0 spiro atoms. The second-order valence-electron chi connectivity index (χ2n) is 5.86. The van der Waals surface area contributed by atoms with Crippen molar-refractivity contribution < 1.29 is 18.8 Å². The average Bonchev–Trinajstić information content (AvgIpc) is 3.09. The lowest BCUT2D eigenvalue weighted by molar-refractivity contribution is -0.132. The van der Waals surface area contributed by atoms with Crippen molar-refractivity contribution in [1.29, 1.82) is 0 Å². The van der Waals surface area contributed by atoms with Crippen LogP contribution in [-0.2, 0) is 9.59 Å². The van der Waals surface area contributed by atoms with Crippen molar-refractivity contribution in [3.05, 3.63) is 36.0 Å². The maximum absolute atomic E-state index is 11.9. The van der Waals surface area contributed by atoms with Crippen LogP contribution in [0, 0.1) is 6.92 Å². The van der Waals surface area contributed by atoms with Crippen molar-refractivity contribution in [2.75, 3.05) is 20.1 Å². The molecule has 3 amide bonds. The molecular formula is C20H32FN5O3. The minimum Gasteiger partial charge on any atom is -0.361 e. The zero-order valence-electron chi connectivity index (χ0n) is 17.5. The molecule has 1 aromatic carbocycles. The molecule has 8 nitrogen and oxygen atoms in total. The van der Waals surface area contributed by atoms with E-state index in [4.69, 9.17) is 5.73 Å². The Balaban J connectivity index is 0.000000546. The number of halogens is 1. The Morgan fingerprint density at radius 3 is 2.38 bits per heavy atom. The number of rotatable bonds is 8. The Labute approximate surface area is 170 Å². The molecule has 0 bridgehead atoms. The fourth-order valence-corrected chi connectivity index (χ4v) is 2.42. The highest BCUT2D eigenvalue weighted by Gasteiger charge is 2.16. The first-order chi connectivity index (χ1) is 13.8. The summed E-state index contributed by atoms with van der Waals surface area (Å²) in [5.41, 5.74) is 7.40. The van der Waals surface area contributed by atoms with Gasteiger partial charge in [-0.2, -0.15) is 4.39 Å². The van der Waals surface area contributed by atoms with Crippen molar-refractivity contribution in [2.45, 2.75) is 39.7 Å². The predicted octanol–water partition coefficient (Wildman–Crippen LogP) is 2.14. The lowest BCUT2D eigenvalue weighted by Crippen LogP contribution is -2.44. The molecule has 9 heteroatoms. The number of H-pyrrole nitrogens is 1. The summed E-state index contributed by atoms with van der Waals surface area (Å²) in [7, 11) is 1.57. The molecule has 0 aliphatic carbocycles. The Morgan fingerprint density at radius 2 is 1.83 bits per heavy atom. The molecule has 2 rings (SSSR count). The molecule has 0 saturated heterocycles. The number of amides is 3. The highest BCUT2D eigenvalue weighted by molar-refractivity contribution is 5.85. The summed E-state index contributed by atoms with van der Waals surface area (Å²) in [6, 6.07) is 5.55. The van der Waals surface area contributed by atoms with Gasteiger partial charge >= 0.3 is 12.1 Å². The first kappa shape index (κ1) is 26.1. The number of para-hydroxylation sites is 1. The SMILES string of the molecule is CC.CNC(CCCNC(N)=O)C(=O)NCC(=O)F.Cc1c[nH]c2ccccc12. The van der Waals surface area contributed by atoms with Gasteiger partial charge in [0.1, 0.15) is 6.54 Å². The van der Waals surface area contributed by atoms with E-state index in [0.717, 1.165) is 0 Å². The van der Waals surface area contributed by atoms with Crippen LogP contribution in [-0.4, -0.2) is 49.1 Å². The van der Waals surface area contributed by atoms with Gasteiger partial charge in [-0.05, 0) is 38.4 Å². The number of aryl methyl sites for hydroxylation is 1. The third kappa shape index (κ3) is 10.8. The molecule has 0 aliphatic heterocycles. The van der Waals surface area contributed by atoms with Crippen molar-refractivity contribution in [1.82, 2.24) is 20.9 Å². The van der Waals surface area contributed by atoms with Gasteiger partial charge in [0, 0.05) is 23.6 Å². The smallest absolute Gasteiger partial charge is 0.320 e. The van der Waals surface area contributed by atoms with Crippen LogP contribution in [0.3, 0.4) is 0 Å². The number of aromatic amines is 1. The highest BCUT2D eigenvalue weighted by atomic mass is 19.1. The minimum atomic E-state index is -1.59. The molecule has 0 radical (unpaired) electrons. The third-order valence-corrected chi connectivity index (χ3v) is 3.83.